The largest absolute Gasteiger partial charge is 0.381 e. The zero-order valence-electron chi connectivity index (χ0n) is 21.5. The molecule has 194 valence electrons. The Morgan fingerprint density at radius 3 is 2.56 bits per heavy atom. The lowest BCUT2D eigenvalue weighted by Gasteiger charge is -2.35. The maximum atomic E-state index is 12.0. The van der Waals surface area contributed by atoms with E-state index in [9.17, 15) is 4.79 Å². The Labute approximate surface area is 213 Å². The van der Waals surface area contributed by atoms with Crippen LogP contribution in [-0.4, -0.2) is 76.3 Å². The van der Waals surface area contributed by atoms with E-state index in [1.165, 1.54) is 37.4 Å². The quantitative estimate of drug-likeness (QED) is 0.659. The number of ether oxygens (including phenoxy) is 1. The third-order valence-electron chi connectivity index (χ3n) is 8.59. The van der Waals surface area contributed by atoms with Crippen molar-refractivity contribution in [1.82, 2.24) is 24.4 Å². The van der Waals surface area contributed by atoms with E-state index in [0.717, 1.165) is 76.5 Å². The van der Waals surface area contributed by atoms with Gasteiger partial charge in [-0.1, -0.05) is 6.92 Å². The number of hydrogen-bond donors (Lipinski definition) is 1. The lowest BCUT2D eigenvalue weighted by molar-refractivity contribution is -0.116. The molecule has 6 heterocycles. The minimum absolute atomic E-state index is 0.0412. The highest BCUT2D eigenvalue weighted by atomic mass is 16.5. The smallest absolute Gasteiger partial charge is 0.226 e. The fourth-order valence-electron chi connectivity index (χ4n) is 6.51. The number of rotatable bonds is 6. The second kappa shape index (κ2) is 10.5. The van der Waals surface area contributed by atoms with Gasteiger partial charge in [-0.15, -0.1) is 0 Å². The number of nitrogens with one attached hydrogen (secondary N) is 1. The number of fused-ring (bicyclic) bond motifs is 1. The van der Waals surface area contributed by atoms with Crippen LogP contribution in [0.3, 0.4) is 0 Å². The highest BCUT2D eigenvalue weighted by Crippen LogP contribution is 2.39. The second-order valence-corrected chi connectivity index (χ2v) is 11.0. The van der Waals surface area contributed by atoms with E-state index in [-0.39, 0.29) is 11.8 Å². The Balaban J connectivity index is 1.19. The first kappa shape index (κ1) is 23.9. The Hall–Kier alpha value is -2.52. The number of imidazole rings is 1. The van der Waals surface area contributed by atoms with Crippen molar-refractivity contribution in [3.8, 4) is 0 Å². The molecule has 6 rings (SSSR count). The molecular weight excluding hydrogens is 454 g/mol. The molecule has 1 amide bonds. The van der Waals surface area contributed by atoms with E-state index in [1.807, 2.05) is 0 Å². The summed E-state index contributed by atoms with van der Waals surface area (Å²) in [7, 11) is 0. The molecule has 0 aromatic carbocycles. The molecule has 0 aliphatic carbocycles. The molecule has 1 N–H and O–H groups in total. The molecule has 3 saturated heterocycles. The Morgan fingerprint density at radius 2 is 1.78 bits per heavy atom. The van der Waals surface area contributed by atoms with Crippen LogP contribution in [0.5, 0.6) is 0 Å². The molecule has 0 spiro atoms. The Bertz CT molecular complexity index is 1070. The van der Waals surface area contributed by atoms with Crippen LogP contribution < -0.4 is 10.2 Å². The first-order chi connectivity index (χ1) is 17.7. The topological polar surface area (TPSA) is 88.4 Å². The number of carbonyl (C=O) groups excluding carboxylic acids is 1. The predicted octanol–water partition coefficient (Wildman–Crippen LogP) is 3.49. The number of piperidine rings is 1. The summed E-state index contributed by atoms with van der Waals surface area (Å²) in [5.74, 6) is 4.11. The van der Waals surface area contributed by atoms with Gasteiger partial charge in [-0.2, -0.15) is 0 Å². The number of likely N-dealkylation sites (tertiary alicyclic amines) is 1. The summed E-state index contributed by atoms with van der Waals surface area (Å²) in [6.45, 7) is 10.3. The molecule has 0 unspecified atom stereocenters. The van der Waals surface area contributed by atoms with Gasteiger partial charge in [0.2, 0.25) is 5.91 Å². The first-order valence-corrected chi connectivity index (χ1v) is 13.9. The molecule has 9 heteroatoms. The number of amides is 1. The molecule has 0 saturated carbocycles. The van der Waals surface area contributed by atoms with E-state index >= 15 is 0 Å². The van der Waals surface area contributed by atoms with Crippen LogP contribution in [0, 0.1) is 0 Å². The van der Waals surface area contributed by atoms with Crippen molar-refractivity contribution < 1.29 is 9.53 Å². The average Bonchev–Trinajstić information content (AvgIpc) is 3.58. The third-order valence-corrected chi connectivity index (χ3v) is 8.59. The maximum absolute atomic E-state index is 12.0. The monoisotopic (exact) mass is 493 g/mol. The summed E-state index contributed by atoms with van der Waals surface area (Å²) in [6, 6.07) is 0. The van der Waals surface area contributed by atoms with E-state index in [1.54, 1.807) is 6.33 Å². The van der Waals surface area contributed by atoms with Crippen molar-refractivity contribution in [3.05, 3.63) is 29.6 Å². The standard InChI is InChI=1S/C27H39N7O2/c1-19-16-23(35)31-25-24(19)27(29-18-28-25)33-10-4-21(5-11-33)26-30-22(20-6-14-36-15-7-20)17-34(26)13-12-32-8-2-3-9-32/h17-21H,2-16H2,1H3,(H,28,29,31,35)/t19-/m1/s1. The van der Waals surface area contributed by atoms with Crippen LogP contribution in [0.25, 0.3) is 0 Å². The molecule has 2 aromatic rings. The highest BCUT2D eigenvalue weighted by molar-refractivity contribution is 5.94. The van der Waals surface area contributed by atoms with Gasteiger partial charge in [-0.05, 0) is 57.5 Å². The Morgan fingerprint density at radius 1 is 1.00 bits per heavy atom. The van der Waals surface area contributed by atoms with Gasteiger partial charge in [-0.25, -0.2) is 15.0 Å². The van der Waals surface area contributed by atoms with Crippen LogP contribution in [0.2, 0.25) is 0 Å². The third kappa shape index (κ3) is 4.87. The predicted molar refractivity (Wildman–Crippen MR) is 139 cm³/mol. The normalized spacial score (nSPS) is 24.2. The van der Waals surface area contributed by atoms with Crippen molar-refractivity contribution in [2.75, 3.05) is 56.2 Å². The summed E-state index contributed by atoms with van der Waals surface area (Å²) in [6.07, 6.45) is 11.4. The average molecular weight is 494 g/mol. The van der Waals surface area contributed by atoms with Crippen molar-refractivity contribution in [1.29, 1.82) is 0 Å². The number of carbonyl (C=O) groups is 1. The molecule has 2 aromatic heterocycles. The minimum Gasteiger partial charge on any atom is -0.381 e. The fraction of sp³-hybridized carbons (Fsp3) is 0.704. The molecule has 3 fully saturated rings. The highest BCUT2D eigenvalue weighted by Gasteiger charge is 2.32. The van der Waals surface area contributed by atoms with Gasteiger partial charge in [0.05, 0.1) is 5.69 Å². The molecule has 9 nitrogen and oxygen atoms in total. The molecule has 0 bridgehead atoms. The molecule has 1 atom stereocenters. The summed E-state index contributed by atoms with van der Waals surface area (Å²) in [5, 5.41) is 2.94. The molecule has 4 aliphatic rings. The van der Waals surface area contributed by atoms with Gasteiger partial charge in [0, 0.05) is 69.4 Å². The van der Waals surface area contributed by atoms with E-state index in [4.69, 9.17) is 9.72 Å². The minimum atomic E-state index is 0.0412. The van der Waals surface area contributed by atoms with E-state index < -0.39 is 0 Å². The summed E-state index contributed by atoms with van der Waals surface area (Å²) < 4.78 is 8.10. The van der Waals surface area contributed by atoms with Crippen molar-refractivity contribution in [2.45, 2.75) is 76.2 Å². The van der Waals surface area contributed by atoms with Crippen molar-refractivity contribution in [3.63, 3.8) is 0 Å². The molecule has 4 aliphatic heterocycles. The van der Waals surface area contributed by atoms with Gasteiger partial charge < -0.3 is 24.4 Å². The molecule has 0 radical (unpaired) electrons. The number of nitrogens with zero attached hydrogens (tertiary/aromatic N) is 6. The maximum Gasteiger partial charge on any atom is 0.226 e. The summed E-state index contributed by atoms with van der Waals surface area (Å²) in [4.78, 5) is 31.3. The summed E-state index contributed by atoms with van der Waals surface area (Å²) in [5.41, 5.74) is 2.36. The van der Waals surface area contributed by atoms with Crippen LogP contribution in [0.1, 0.15) is 86.7 Å². The van der Waals surface area contributed by atoms with Crippen LogP contribution in [0.4, 0.5) is 11.6 Å². The van der Waals surface area contributed by atoms with Crippen molar-refractivity contribution in [2.24, 2.45) is 0 Å². The Kier molecular flexibility index (Phi) is 6.93. The van der Waals surface area contributed by atoms with Crippen molar-refractivity contribution >= 4 is 17.5 Å². The van der Waals surface area contributed by atoms with Gasteiger partial charge in [0.15, 0.2) is 0 Å². The lowest BCUT2D eigenvalue weighted by atomic mass is 9.92. The zero-order valence-corrected chi connectivity index (χ0v) is 21.5. The van der Waals surface area contributed by atoms with Crippen LogP contribution >= 0.6 is 0 Å². The van der Waals surface area contributed by atoms with Gasteiger partial charge in [0.25, 0.3) is 0 Å². The second-order valence-electron chi connectivity index (χ2n) is 11.0. The fourth-order valence-corrected chi connectivity index (χ4v) is 6.51. The van der Waals surface area contributed by atoms with Gasteiger partial charge in [-0.3, -0.25) is 4.79 Å². The zero-order chi connectivity index (χ0) is 24.5. The number of aromatic nitrogens is 4. The van der Waals surface area contributed by atoms with Gasteiger partial charge in [0.1, 0.15) is 23.8 Å². The van der Waals surface area contributed by atoms with Crippen LogP contribution in [0.15, 0.2) is 12.5 Å². The molecule has 36 heavy (non-hydrogen) atoms. The number of anilines is 2. The SMILES string of the molecule is C[C@@H]1CC(=O)Nc2ncnc(N3CCC(c4nc(C5CCOCC5)cn4CCN4CCCC4)CC3)c21. The first-order valence-electron chi connectivity index (χ1n) is 13.9. The van der Waals surface area contributed by atoms with E-state index in [2.05, 4.69) is 42.8 Å². The lowest BCUT2D eigenvalue weighted by Crippen LogP contribution is -2.36. The molecular formula is C27H39N7O2. The van der Waals surface area contributed by atoms with Gasteiger partial charge >= 0.3 is 0 Å². The van der Waals surface area contributed by atoms with Crippen LogP contribution in [-0.2, 0) is 16.1 Å². The summed E-state index contributed by atoms with van der Waals surface area (Å²) >= 11 is 0. The number of hydrogen-bond acceptors (Lipinski definition) is 7. The van der Waals surface area contributed by atoms with E-state index in [0.29, 0.717) is 24.1 Å².